The Labute approximate surface area is 340 Å². The van der Waals surface area contributed by atoms with E-state index >= 15 is 0 Å². The molecule has 1 heterocycles. The normalized spacial score (nSPS) is 13.4. The number of para-hydroxylation sites is 4. The highest BCUT2D eigenvalue weighted by atomic mass is 15.1. The van der Waals surface area contributed by atoms with E-state index in [0.29, 0.717) is 5.92 Å². The van der Waals surface area contributed by atoms with Crippen LogP contribution in [0, 0.1) is 0 Å². The van der Waals surface area contributed by atoms with Crippen molar-refractivity contribution in [3.05, 3.63) is 206 Å². The molecule has 278 valence electrons. The highest BCUT2D eigenvalue weighted by Crippen LogP contribution is 2.50. The van der Waals surface area contributed by atoms with Crippen molar-refractivity contribution in [3.8, 4) is 27.9 Å². The van der Waals surface area contributed by atoms with Crippen molar-refractivity contribution in [2.75, 3.05) is 4.90 Å². The molecule has 0 atom stereocenters. The number of anilines is 3. The zero-order chi connectivity index (χ0) is 38.4. The van der Waals surface area contributed by atoms with Crippen LogP contribution in [-0.2, 0) is 0 Å². The molecule has 0 amide bonds. The number of aromatic nitrogens is 1. The Morgan fingerprint density at radius 3 is 1.66 bits per heavy atom. The summed E-state index contributed by atoms with van der Waals surface area (Å²) in [7, 11) is 0. The maximum atomic E-state index is 2.55. The van der Waals surface area contributed by atoms with Crippen molar-refractivity contribution in [1.82, 2.24) is 4.57 Å². The third-order valence-corrected chi connectivity index (χ3v) is 12.6. The van der Waals surface area contributed by atoms with Gasteiger partial charge in [0.1, 0.15) is 0 Å². The lowest BCUT2D eigenvalue weighted by atomic mass is 9.80. The lowest BCUT2D eigenvalue weighted by Crippen LogP contribution is -2.13. The molecule has 2 nitrogen and oxygen atoms in total. The van der Waals surface area contributed by atoms with E-state index in [0.717, 1.165) is 22.7 Å². The fourth-order valence-electron chi connectivity index (χ4n) is 10.0. The van der Waals surface area contributed by atoms with Gasteiger partial charge in [-0.1, -0.05) is 177 Å². The molecule has 11 rings (SSSR count). The van der Waals surface area contributed by atoms with E-state index in [1.807, 2.05) is 0 Å². The van der Waals surface area contributed by atoms with E-state index < -0.39 is 0 Å². The van der Waals surface area contributed by atoms with Crippen LogP contribution in [0.2, 0.25) is 0 Å². The van der Waals surface area contributed by atoms with Gasteiger partial charge in [0.05, 0.1) is 28.1 Å². The summed E-state index contributed by atoms with van der Waals surface area (Å²) in [6.45, 7) is 0. The lowest BCUT2D eigenvalue weighted by Gasteiger charge is -2.31. The molecule has 1 aliphatic carbocycles. The average Bonchev–Trinajstić information content (AvgIpc) is 3.64. The van der Waals surface area contributed by atoms with Gasteiger partial charge in [0, 0.05) is 33.0 Å². The standard InChI is InChI=1S/C56H44N2/c1-3-19-40(20-4-1)44-31-15-23-41-24-16-32-47(55(41)44)45-28-9-12-34-51(45)58(50-37-17-22-39-21-7-8-27-43(39)50)52-35-13-10-29-46(52)48-33-18-38-54-56(48)49-30-11-14-36-53(49)57(54)42-25-5-2-6-26-42/h2,5-18,21-38,40H,1,3-4,19-20H2. The molecule has 0 N–H and O–H groups in total. The minimum atomic E-state index is 0.583. The summed E-state index contributed by atoms with van der Waals surface area (Å²) in [5.74, 6) is 0.583. The molecule has 2 heteroatoms. The van der Waals surface area contributed by atoms with Gasteiger partial charge in [-0.3, -0.25) is 0 Å². The van der Waals surface area contributed by atoms with E-state index in [2.05, 4.69) is 210 Å². The molecule has 58 heavy (non-hydrogen) atoms. The van der Waals surface area contributed by atoms with Gasteiger partial charge in [-0.2, -0.15) is 0 Å². The summed E-state index contributed by atoms with van der Waals surface area (Å²) in [5.41, 5.74) is 13.5. The molecule has 9 aromatic carbocycles. The summed E-state index contributed by atoms with van der Waals surface area (Å²) >= 11 is 0. The molecular weight excluding hydrogens is 701 g/mol. The highest BCUT2D eigenvalue weighted by molar-refractivity contribution is 6.17. The van der Waals surface area contributed by atoms with E-state index in [1.54, 1.807) is 0 Å². The van der Waals surface area contributed by atoms with Gasteiger partial charge in [-0.05, 0) is 94.1 Å². The second-order valence-electron chi connectivity index (χ2n) is 15.8. The first-order valence-electron chi connectivity index (χ1n) is 20.9. The van der Waals surface area contributed by atoms with Gasteiger partial charge in [-0.15, -0.1) is 0 Å². The first-order valence-corrected chi connectivity index (χ1v) is 20.9. The maximum absolute atomic E-state index is 2.55. The number of benzene rings is 9. The minimum absolute atomic E-state index is 0.583. The van der Waals surface area contributed by atoms with E-state index in [4.69, 9.17) is 0 Å². The predicted octanol–water partition coefficient (Wildman–Crippen LogP) is 15.9. The molecule has 0 bridgehead atoms. The quantitative estimate of drug-likeness (QED) is 0.158. The third kappa shape index (κ3) is 5.71. The molecular formula is C56H44N2. The van der Waals surface area contributed by atoms with Crippen molar-refractivity contribution >= 4 is 60.4 Å². The minimum Gasteiger partial charge on any atom is -0.309 e. The third-order valence-electron chi connectivity index (χ3n) is 12.6. The van der Waals surface area contributed by atoms with Gasteiger partial charge in [-0.25, -0.2) is 0 Å². The Bertz CT molecular complexity index is 3100. The topological polar surface area (TPSA) is 8.17 Å². The fraction of sp³-hybridized carbons (Fsp3) is 0.107. The summed E-state index contributed by atoms with van der Waals surface area (Å²) < 4.78 is 2.42. The molecule has 0 saturated heterocycles. The first kappa shape index (κ1) is 34.4. The number of hydrogen-bond donors (Lipinski definition) is 0. The Morgan fingerprint density at radius 2 is 0.879 bits per heavy atom. The monoisotopic (exact) mass is 744 g/mol. The lowest BCUT2D eigenvalue weighted by molar-refractivity contribution is 0.445. The number of nitrogens with zero attached hydrogens (tertiary/aromatic N) is 2. The summed E-state index contributed by atoms with van der Waals surface area (Å²) in [5, 5.41) is 7.65. The van der Waals surface area contributed by atoms with Gasteiger partial charge in [0.25, 0.3) is 0 Å². The van der Waals surface area contributed by atoms with E-state index in [-0.39, 0.29) is 0 Å². The second kappa shape index (κ2) is 14.6. The second-order valence-corrected chi connectivity index (χ2v) is 15.8. The predicted molar refractivity (Wildman–Crippen MR) is 247 cm³/mol. The van der Waals surface area contributed by atoms with E-state index in [1.165, 1.54) is 103 Å². The average molecular weight is 745 g/mol. The van der Waals surface area contributed by atoms with Crippen LogP contribution in [0.5, 0.6) is 0 Å². The molecule has 1 aliphatic rings. The van der Waals surface area contributed by atoms with Gasteiger partial charge < -0.3 is 9.47 Å². The van der Waals surface area contributed by atoms with Crippen molar-refractivity contribution in [3.63, 3.8) is 0 Å². The Hall–Kier alpha value is -6.90. The van der Waals surface area contributed by atoms with Crippen LogP contribution >= 0.6 is 0 Å². The molecule has 0 radical (unpaired) electrons. The fourth-order valence-corrected chi connectivity index (χ4v) is 10.0. The molecule has 0 unspecified atom stereocenters. The van der Waals surface area contributed by atoms with Gasteiger partial charge in [0.15, 0.2) is 0 Å². The van der Waals surface area contributed by atoms with Crippen LogP contribution in [-0.4, -0.2) is 4.57 Å². The Kier molecular flexibility index (Phi) is 8.62. The molecule has 1 fully saturated rings. The van der Waals surface area contributed by atoms with Crippen molar-refractivity contribution in [2.24, 2.45) is 0 Å². The van der Waals surface area contributed by atoms with Crippen LogP contribution in [0.4, 0.5) is 17.1 Å². The maximum Gasteiger partial charge on any atom is 0.0547 e. The number of fused-ring (bicyclic) bond motifs is 5. The SMILES string of the molecule is c1ccc(-n2c3ccccc3c3c(-c4ccccc4N(c4ccccc4-c4cccc5cccc(C6CCCCC6)c45)c4cccc5ccccc45)cccc32)cc1. The summed E-state index contributed by atoms with van der Waals surface area (Å²) in [4.78, 5) is 2.55. The number of rotatable bonds is 7. The Balaban J connectivity index is 1.20. The molecule has 10 aromatic rings. The van der Waals surface area contributed by atoms with Gasteiger partial charge in [0.2, 0.25) is 0 Å². The van der Waals surface area contributed by atoms with Crippen molar-refractivity contribution in [2.45, 2.75) is 38.0 Å². The van der Waals surface area contributed by atoms with Crippen molar-refractivity contribution < 1.29 is 0 Å². The van der Waals surface area contributed by atoms with Crippen LogP contribution < -0.4 is 4.90 Å². The molecule has 0 aliphatic heterocycles. The smallest absolute Gasteiger partial charge is 0.0547 e. The Morgan fingerprint density at radius 1 is 0.362 bits per heavy atom. The van der Waals surface area contributed by atoms with E-state index in [9.17, 15) is 0 Å². The van der Waals surface area contributed by atoms with Crippen LogP contribution in [0.3, 0.4) is 0 Å². The summed E-state index contributed by atoms with van der Waals surface area (Å²) in [6.07, 6.45) is 6.48. The van der Waals surface area contributed by atoms with Gasteiger partial charge >= 0.3 is 0 Å². The highest BCUT2D eigenvalue weighted by Gasteiger charge is 2.26. The zero-order valence-corrected chi connectivity index (χ0v) is 32.6. The number of hydrogen-bond acceptors (Lipinski definition) is 1. The zero-order valence-electron chi connectivity index (χ0n) is 32.6. The molecule has 0 spiro atoms. The molecule has 1 saturated carbocycles. The largest absolute Gasteiger partial charge is 0.309 e. The molecule has 1 aromatic heterocycles. The van der Waals surface area contributed by atoms with Crippen LogP contribution in [0.1, 0.15) is 43.6 Å². The first-order chi connectivity index (χ1) is 28.8. The summed E-state index contributed by atoms with van der Waals surface area (Å²) in [6, 6.07) is 74.0. The van der Waals surface area contributed by atoms with Crippen molar-refractivity contribution in [1.29, 1.82) is 0 Å². The van der Waals surface area contributed by atoms with Crippen LogP contribution in [0.25, 0.3) is 71.3 Å². The van der Waals surface area contributed by atoms with Crippen LogP contribution in [0.15, 0.2) is 200 Å².